The molecule has 0 saturated heterocycles. The molecule has 1 aromatic carbocycles. The van der Waals surface area contributed by atoms with Crippen molar-refractivity contribution in [2.24, 2.45) is 5.92 Å². The molecule has 1 aliphatic rings. The molecule has 0 unspecified atom stereocenters. The highest BCUT2D eigenvalue weighted by molar-refractivity contribution is 6.33. The van der Waals surface area contributed by atoms with Crippen LogP contribution in [0.5, 0.6) is 0 Å². The van der Waals surface area contributed by atoms with E-state index in [0.29, 0.717) is 17.3 Å². The van der Waals surface area contributed by atoms with E-state index in [-0.39, 0.29) is 5.91 Å². The van der Waals surface area contributed by atoms with Crippen LogP contribution in [0.15, 0.2) is 24.3 Å². The Morgan fingerprint density at radius 3 is 2.79 bits per heavy atom. The third-order valence-electron chi connectivity index (χ3n) is 3.27. The van der Waals surface area contributed by atoms with Crippen LogP contribution in [-0.4, -0.2) is 30.4 Å². The van der Waals surface area contributed by atoms with Gasteiger partial charge in [0.15, 0.2) is 0 Å². The van der Waals surface area contributed by atoms with Crippen molar-refractivity contribution in [2.45, 2.75) is 26.2 Å². The number of amides is 1. The summed E-state index contributed by atoms with van der Waals surface area (Å²) in [6, 6.07) is 7.33. The van der Waals surface area contributed by atoms with Crippen molar-refractivity contribution in [3.05, 3.63) is 29.3 Å². The third kappa shape index (κ3) is 4.84. The number of benzene rings is 1. The number of nitrogens with zero attached hydrogens (tertiary/aromatic N) is 1. The zero-order valence-electron chi connectivity index (χ0n) is 11.4. The topological polar surface area (TPSA) is 32.3 Å². The summed E-state index contributed by atoms with van der Waals surface area (Å²) in [5.74, 6) is 0.821. The fourth-order valence-corrected chi connectivity index (χ4v) is 2.36. The van der Waals surface area contributed by atoms with E-state index in [1.54, 1.807) is 6.07 Å². The fraction of sp³-hybridized carbons (Fsp3) is 0.533. The van der Waals surface area contributed by atoms with Crippen LogP contribution in [-0.2, 0) is 4.79 Å². The van der Waals surface area contributed by atoms with Crippen LogP contribution in [0.4, 0.5) is 5.69 Å². The number of hydrogen-bond donors (Lipinski definition) is 1. The highest BCUT2D eigenvalue weighted by atomic mass is 35.5. The molecule has 4 heteroatoms. The van der Waals surface area contributed by atoms with Crippen molar-refractivity contribution in [2.75, 3.05) is 25.0 Å². The molecule has 0 heterocycles. The number of carbonyl (C=O) groups excluding carboxylic acids is 1. The molecule has 1 aromatic rings. The van der Waals surface area contributed by atoms with Crippen LogP contribution in [0, 0.1) is 5.92 Å². The normalized spacial score (nSPS) is 14.7. The first kappa shape index (κ1) is 14.4. The van der Waals surface area contributed by atoms with Gasteiger partial charge in [-0.3, -0.25) is 9.69 Å². The minimum atomic E-state index is 0.0159. The van der Waals surface area contributed by atoms with Gasteiger partial charge in [0.1, 0.15) is 0 Å². The standard InChI is InChI=1S/C15H21ClN2O/c1-2-9-18(10-12-7-8-12)11-15(19)17-14-6-4-3-5-13(14)16/h3-6,12H,2,7-11H2,1H3,(H,17,19). The lowest BCUT2D eigenvalue weighted by atomic mass is 10.3. The summed E-state index contributed by atoms with van der Waals surface area (Å²) in [4.78, 5) is 14.3. The smallest absolute Gasteiger partial charge is 0.238 e. The van der Waals surface area contributed by atoms with Crippen molar-refractivity contribution < 1.29 is 4.79 Å². The second kappa shape index (κ2) is 6.92. The van der Waals surface area contributed by atoms with Gasteiger partial charge in [0.05, 0.1) is 17.3 Å². The molecule has 104 valence electrons. The number of halogens is 1. The molecule has 1 N–H and O–H groups in total. The maximum Gasteiger partial charge on any atom is 0.238 e. The minimum absolute atomic E-state index is 0.0159. The Balaban J connectivity index is 1.86. The zero-order valence-corrected chi connectivity index (χ0v) is 12.1. The van der Waals surface area contributed by atoms with Gasteiger partial charge in [-0.05, 0) is 43.9 Å². The van der Waals surface area contributed by atoms with Crippen molar-refractivity contribution in [3.8, 4) is 0 Å². The highest BCUT2D eigenvalue weighted by Gasteiger charge is 2.24. The van der Waals surface area contributed by atoms with Gasteiger partial charge in [-0.15, -0.1) is 0 Å². The van der Waals surface area contributed by atoms with Gasteiger partial charge >= 0.3 is 0 Å². The lowest BCUT2D eigenvalue weighted by Crippen LogP contribution is -2.35. The summed E-state index contributed by atoms with van der Waals surface area (Å²) < 4.78 is 0. The number of anilines is 1. The molecule has 0 aliphatic heterocycles. The van der Waals surface area contributed by atoms with Gasteiger partial charge in [0.25, 0.3) is 0 Å². The van der Waals surface area contributed by atoms with Gasteiger partial charge in [-0.2, -0.15) is 0 Å². The molecular formula is C15H21ClN2O. The van der Waals surface area contributed by atoms with Gasteiger partial charge in [-0.25, -0.2) is 0 Å². The van der Waals surface area contributed by atoms with E-state index in [0.717, 1.165) is 25.4 Å². The van der Waals surface area contributed by atoms with E-state index in [1.807, 2.05) is 18.2 Å². The average molecular weight is 281 g/mol. The summed E-state index contributed by atoms with van der Waals surface area (Å²) in [6.45, 7) is 4.62. The average Bonchev–Trinajstić information content (AvgIpc) is 3.16. The SMILES string of the molecule is CCCN(CC(=O)Nc1ccccc1Cl)CC1CC1. The first-order valence-electron chi connectivity index (χ1n) is 6.95. The van der Waals surface area contributed by atoms with Gasteiger partial charge in [-0.1, -0.05) is 30.7 Å². The quantitative estimate of drug-likeness (QED) is 0.830. The minimum Gasteiger partial charge on any atom is -0.324 e. The lowest BCUT2D eigenvalue weighted by molar-refractivity contribution is -0.117. The number of rotatable bonds is 7. The second-order valence-electron chi connectivity index (χ2n) is 5.21. The predicted octanol–water partition coefficient (Wildman–Crippen LogP) is 3.40. The summed E-state index contributed by atoms with van der Waals surface area (Å²) in [5, 5.41) is 3.46. The van der Waals surface area contributed by atoms with Crippen LogP contribution in [0.25, 0.3) is 0 Å². The number of nitrogens with one attached hydrogen (secondary N) is 1. The van der Waals surface area contributed by atoms with E-state index in [2.05, 4.69) is 17.1 Å². The largest absolute Gasteiger partial charge is 0.324 e. The molecule has 1 fully saturated rings. The maximum atomic E-state index is 12.0. The van der Waals surface area contributed by atoms with Crippen LogP contribution >= 0.6 is 11.6 Å². The van der Waals surface area contributed by atoms with Crippen molar-refractivity contribution in [1.29, 1.82) is 0 Å². The molecule has 3 nitrogen and oxygen atoms in total. The monoisotopic (exact) mass is 280 g/mol. The number of para-hydroxylation sites is 1. The van der Waals surface area contributed by atoms with E-state index < -0.39 is 0 Å². The Hall–Kier alpha value is -1.06. The summed E-state index contributed by atoms with van der Waals surface area (Å²) in [5.41, 5.74) is 0.692. The molecule has 2 rings (SSSR count). The van der Waals surface area contributed by atoms with E-state index >= 15 is 0 Å². The zero-order chi connectivity index (χ0) is 13.7. The van der Waals surface area contributed by atoms with Crippen molar-refractivity contribution in [3.63, 3.8) is 0 Å². The van der Waals surface area contributed by atoms with E-state index in [4.69, 9.17) is 11.6 Å². The molecule has 0 aromatic heterocycles. The Labute approximate surface area is 119 Å². The van der Waals surface area contributed by atoms with Gasteiger partial charge in [0.2, 0.25) is 5.91 Å². The fourth-order valence-electron chi connectivity index (χ4n) is 2.17. The first-order valence-corrected chi connectivity index (χ1v) is 7.33. The summed E-state index contributed by atoms with van der Waals surface area (Å²) >= 11 is 6.03. The van der Waals surface area contributed by atoms with Gasteiger partial charge < -0.3 is 5.32 Å². The Morgan fingerprint density at radius 2 is 2.16 bits per heavy atom. The second-order valence-corrected chi connectivity index (χ2v) is 5.61. The van der Waals surface area contributed by atoms with E-state index in [9.17, 15) is 4.79 Å². The predicted molar refractivity (Wildman–Crippen MR) is 79.5 cm³/mol. The maximum absolute atomic E-state index is 12.0. The molecular weight excluding hydrogens is 260 g/mol. The molecule has 1 amide bonds. The Morgan fingerprint density at radius 1 is 1.42 bits per heavy atom. The van der Waals surface area contributed by atoms with Crippen LogP contribution < -0.4 is 5.32 Å². The highest BCUT2D eigenvalue weighted by Crippen LogP contribution is 2.29. The third-order valence-corrected chi connectivity index (χ3v) is 3.60. The molecule has 0 bridgehead atoms. The van der Waals surface area contributed by atoms with Crippen molar-refractivity contribution in [1.82, 2.24) is 4.90 Å². The Kier molecular flexibility index (Phi) is 5.23. The molecule has 1 aliphatic carbocycles. The number of hydrogen-bond acceptors (Lipinski definition) is 2. The number of carbonyl (C=O) groups is 1. The van der Waals surface area contributed by atoms with Gasteiger partial charge in [0, 0.05) is 6.54 Å². The molecule has 1 saturated carbocycles. The molecule has 0 radical (unpaired) electrons. The first-order chi connectivity index (χ1) is 9.19. The van der Waals surface area contributed by atoms with Crippen LogP contribution in [0.1, 0.15) is 26.2 Å². The summed E-state index contributed by atoms with van der Waals surface area (Å²) in [6.07, 6.45) is 3.70. The Bertz CT molecular complexity index is 432. The molecule has 19 heavy (non-hydrogen) atoms. The van der Waals surface area contributed by atoms with Crippen molar-refractivity contribution >= 4 is 23.2 Å². The summed E-state index contributed by atoms with van der Waals surface area (Å²) in [7, 11) is 0. The van der Waals surface area contributed by atoms with E-state index in [1.165, 1.54) is 12.8 Å². The molecule has 0 spiro atoms. The lowest BCUT2D eigenvalue weighted by Gasteiger charge is -2.21. The van der Waals surface area contributed by atoms with Crippen LogP contribution in [0.3, 0.4) is 0 Å². The van der Waals surface area contributed by atoms with Crippen LogP contribution in [0.2, 0.25) is 5.02 Å². The molecule has 0 atom stereocenters.